The number of hydrogen-bond acceptors (Lipinski definition) is 10. The molecule has 4 N–H and O–H groups in total. The first kappa shape index (κ1) is 43.4. The van der Waals surface area contributed by atoms with Crippen LogP contribution in [-0.2, 0) is 19.1 Å². The molecule has 3 saturated heterocycles. The number of carbonyl (C=O) groups excluding carboxylic acids is 4. The average Bonchev–Trinajstić information content (AvgIpc) is 4.14. The van der Waals surface area contributed by atoms with Crippen LogP contribution < -0.4 is 10.6 Å². The summed E-state index contributed by atoms with van der Waals surface area (Å²) >= 11 is 3.69. The monoisotopic (exact) mass is 880 g/mol. The molecular formula is C46H56N8O6S2. The first-order valence-corrected chi connectivity index (χ1v) is 23.9. The first-order chi connectivity index (χ1) is 30.2. The topological polar surface area (TPSA) is 175 Å². The highest BCUT2D eigenvalue weighted by Crippen LogP contribution is 2.36. The number of aromatic nitrogens is 4. The number of thioether (sulfide) groups is 2. The van der Waals surface area contributed by atoms with Gasteiger partial charge in [0.1, 0.15) is 11.6 Å². The number of hydrogen-bond donors (Lipinski definition) is 4. The van der Waals surface area contributed by atoms with Gasteiger partial charge in [-0.1, -0.05) is 54.1 Å². The van der Waals surface area contributed by atoms with Gasteiger partial charge in [0.15, 0.2) is 0 Å². The normalized spacial score (nSPS) is 20.8. The SMILES string of the molecule is COC(=O)N[C@@H](CC(=O)N1CCC[C@H]1c1ncc(-c2ccc(-c3ccc(-c4cnc([C@@H]5CCCN5C(=O)C[C@@H](CC5CCSC5)NC(=O)OC)[nH]4)cc3)cc2)[nH]1)CC1=CSCC1. The van der Waals surface area contributed by atoms with Crippen LogP contribution in [0.3, 0.4) is 0 Å². The molecule has 2 aromatic heterocycles. The number of nitrogens with zero attached hydrogens (tertiary/aromatic N) is 4. The first-order valence-electron chi connectivity index (χ1n) is 21.7. The van der Waals surface area contributed by atoms with E-state index in [0.29, 0.717) is 25.4 Å². The van der Waals surface area contributed by atoms with Gasteiger partial charge in [-0.05, 0) is 96.5 Å². The molecule has 0 spiro atoms. The van der Waals surface area contributed by atoms with Crippen LogP contribution in [0.25, 0.3) is 33.6 Å². The van der Waals surface area contributed by atoms with Gasteiger partial charge in [0.2, 0.25) is 11.8 Å². The summed E-state index contributed by atoms with van der Waals surface area (Å²) in [5.41, 5.74) is 7.18. The van der Waals surface area contributed by atoms with E-state index in [2.05, 4.69) is 74.5 Å². The molecule has 0 saturated carbocycles. The Morgan fingerprint density at radius 1 is 0.726 bits per heavy atom. The third kappa shape index (κ3) is 10.5. The number of benzene rings is 2. The Bertz CT molecular complexity index is 2220. The van der Waals surface area contributed by atoms with Crippen molar-refractivity contribution in [3.63, 3.8) is 0 Å². The van der Waals surface area contributed by atoms with Crippen molar-refractivity contribution in [2.45, 2.75) is 88.4 Å². The van der Waals surface area contributed by atoms with Crippen molar-refractivity contribution < 1.29 is 28.7 Å². The number of rotatable bonds is 15. The number of ether oxygens (including phenoxy) is 2. The average molecular weight is 881 g/mol. The van der Waals surface area contributed by atoms with E-state index in [4.69, 9.17) is 19.4 Å². The molecule has 5 atom stereocenters. The van der Waals surface area contributed by atoms with Gasteiger partial charge in [-0.15, -0.1) is 11.8 Å². The molecule has 6 heterocycles. The van der Waals surface area contributed by atoms with Crippen molar-refractivity contribution in [3.8, 4) is 33.6 Å². The van der Waals surface area contributed by atoms with Crippen molar-refractivity contribution in [3.05, 3.63) is 83.6 Å². The van der Waals surface area contributed by atoms with Crippen LogP contribution in [-0.4, -0.2) is 110 Å². The van der Waals surface area contributed by atoms with Crippen molar-refractivity contribution in [2.75, 3.05) is 44.6 Å². The van der Waals surface area contributed by atoms with Gasteiger partial charge in [0.05, 0.1) is 50.1 Å². The Morgan fingerprint density at radius 2 is 1.24 bits per heavy atom. The molecule has 16 heteroatoms. The zero-order valence-corrected chi connectivity index (χ0v) is 37.0. The lowest BCUT2D eigenvalue weighted by Gasteiger charge is -2.27. The van der Waals surface area contributed by atoms with Crippen LogP contribution in [0.1, 0.15) is 87.9 Å². The molecule has 0 bridgehead atoms. The lowest BCUT2D eigenvalue weighted by atomic mass is 9.97. The minimum atomic E-state index is -0.524. The van der Waals surface area contributed by atoms with Gasteiger partial charge in [-0.25, -0.2) is 19.6 Å². The molecule has 1 unspecified atom stereocenters. The standard InChI is InChI=1S/C46H56N8O6S2/c1-59-45(57)49-35(21-29-15-19-61-27-29)23-41(55)53-17-3-5-39(53)43-47-25-37(51-43)33-11-7-31(8-12-33)32-9-13-34(14-10-32)38-26-48-44(52-38)40-6-4-18-54(40)42(56)24-36(50-46(58)60-2)22-30-16-20-62-28-30/h7-14,25-27,30,35-36,39-40H,3-6,15-24,28H2,1-2H3,(H,47,51)(H,48,52)(H,49,57)(H,50,58)/t30?,35-,36-,39+,40+/m1/s1. The number of aromatic amines is 2. The number of amides is 4. The molecule has 4 aliphatic rings. The summed E-state index contributed by atoms with van der Waals surface area (Å²) in [6.07, 6.45) is 10.0. The maximum atomic E-state index is 13.7. The second-order valence-corrected chi connectivity index (χ2v) is 18.8. The third-order valence-corrected chi connectivity index (χ3v) is 14.7. The quantitative estimate of drug-likeness (QED) is 0.0911. The summed E-state index contributed by atoms with van der Waals surface area (Å²) in [4.78, 5) is 71.9. The molecule has 3 fully saturated rings. The second kappa shape index (κ2) is 20.3. The van der Waals surface area contributed by atoms with Crippen molar-refractivity contribution in [1.82, 2.24) is 40.4 Å². The summed E-state index contributed by atoms with van der Waals surface area (Å²) < 4.78 is 9.73. The molecule has 328 valence electrons. The van der Waals surface area contributed by atoms with Gasteiger partial charge in [-0.3, -0.25) is 9.59 Å². The van der Waals surface area contributed by atoms with Crippen molar-refractivity contribution >= 4 is 47.5 Å². The van der Waals surface area contributed by atoms with Crippen LogP contribution >= 0.6 is 23.5 Å². The van der Waals surface area contributed by atoms with E-state index < -0.39 is 12.2 Å². The third-order valence-electron chi connectivity index (χ3n) is 12.5. The number of alkyl carbamates (subject to hydrolysis) is 2. The maximum Gasteiger partial charge on any atom is 0.407 e. The van der Waals surface area contributed by atoms with Gasteiger partial charge in [-0.2, -0.15) is 11.8 Å². The molecule has 14 nitrogen and oxygen atoms in total. The summed E-state index contributed by atoms with van der Waals surface area (Å²) in [5.74, 6) is 5.26. The smallest absolute Gasteiger partial charge is 0.407 e. The van der Waals surface area contributed by atoms with E-state index in [1.54, 1.807) is 11.8 Å². The van der Waals surface area contributed by atoms with Crippen molar-refractivity contribution in [2.24, 2.45) is 5.92 Å². The van der Waals surface area contributed by atoms with Gasteiger partial charge < -0.3 is 39.9 Å². The predicted molar refractivity (Wildman–Crippen MR) is 242 cm³/mol. The number of carbonyl (C=O) groups is 4. The highest BCUT2D eigenvalue weighted by molar-refractivity contribution is 8.02. The molecular weight excluding hydrogens is 825 g/mol. The molecule has 0 radical (unpaired) electrons. The van der Waals surface area contributed by atoms with Crippen LogP contribution in [0.4, 0.5) is 9.59 Å². The highest BCUT2D eigenvalue weighted by Gasteiger charge is 2.35. The van der Waals surface area contributed by atoms with Gasteiger partial charge in [0, 0.05) is 43.8 Å². The Morgan fingerprint density at radius 3 is 1.73 bits per heavy atom. The second-order valence-electron chi connectivity index (χ2n) is 16.6. The van der Waals surface area contributed by atoms with E-state index in [1.165, 1.54) is 19.8 Å². The molecule has 62 heavy (non-hydrogen) atoms. The van der Waals surface area contributed by atoms with Crippen molar-refractivity contribution in [1.29, 1.82) is 0 Å². The zero-order valence-electron chi connectivity index (χ0n) is 35.4. The van der Waals surface area contributed by atoms with Crippen LogP contribution in [0.5, 0.6) is 0 Å². The van der Waals surface area contributed by atoms with Gasteiger partial charge in [0.25, 0.3) is 0 Å². The Kier molecular flexibility index (Phi) is 14.2. The predicted octanol–water partition coefficient (Wildman–Crippen LogP) is 8.24. The van der Waals surface area contributed by atoms with Crippen LogP contribution in [0, 0.1) is 5.92 Å². The fourth-order valence-electron chi connectivity index (χ4n) is 9.23. The fraction of sp³-hybridized carbons (Fsp3) is 0.478. The maximum absolute atomic E-state index is 13.7. The number of H-pyrrole nitrogens is 2. The molecule has 2 aromatic carbocycles. The number of nitrogens with one attached hydrogen (secondary N) is 4. The Balaban J connectivity index is 0.874. The number of likely N-dealkylation sites (tertiary alicyclic amines) is 2. The number of methoxy groups -OCH3 is 2. The Labute approximate surface area is 371 Å². The van der Waals surface area contributed by atoms with E-state index in [0.717, 1.165) is 107 Å². The van der Waals surface area contributed by atoms with E-state index in [1.807, 2.05) is 34.0 Å². The summed E-state index contributed by atoms with van der Waals surface area (Å²) in [5, 5.41) is 7.93. The van der Waals surface area contributed by atoms with Crippen LogP contribution in [0.15, 0.2) is 71.9 Å². The molecule has 8 rings (SSSR count). The lowest BCUT2D eigenvalue weighted by Crippen LogP contribution is -2.41. The molecule has 4 aromatic rings. The minimum absolute atomic E-state index is 0.00113. The van der Waals surface area contributed by atoms with E-state index in [-0.39, 0.29) is 48.8 Å². The fourth-order valence-corrected chi connectivity index (χ4v) is 11.5. The highest BCUT2D eigenvalue weighted by atomic mass is 32.2. The summed E-state index contributed by atoms with van der Waals surface area (Å²) in [6.45, 7) is 1.31. The van der Waals surface area contributed by atoms with Gasteiger partial charge >= 0.3 is 12.2 Å². The minimum Gasteiger partial charge on any atom is -0.453 e. The molecule has 4 amide bonds. The number of imidazole rings is 2. The Hall–Kier alpha value is -5.22. The molecule has 4 aliphatic heterocycles. The largest absolute Gasteiger partial charge is 0.453 e. The summed E-state index contributed by atoms with van der Waals surface area (Å²) in [6, 6.07) is 15.8. The van der Waals surface area contributed by atoms with E-state index >= 15 is 0 Å². The zero-order chi connectivity index (χ0) is 43.0. The molecule has 0 aliphatic carbocycles. The van der Waals surface area contributed by atoms with E-state index in [9.17, 15) is 19.2 Å². The summed E-state index contributed by atoms with van der Waals surface area (Å²) in [7, 11) is 2.69. The van der Waals surface area contributed by atoms with Crippen LogP contribution in [0.2, 0.25) is 0 Å². The lowest BCUT2D eigenvalue weighted by molar-refractivity contribution is -0.133.